The van der Waals surface area contributed by atoms with Crippen molar-refractivity contribution < 1.29 is 76.4 Å². The number of carbonyl (C=O) groups is 10. The summed E-state index contributed by atoms with van der Waals surface area (Å²) in [6.07, 6.45) is 4.34. The molecule has 3 N–H and O–H groups in total. The lowest BCUT2D eigenvalue weighted by Crippen LogP contribution is -2.57. The Labute approximate surface area is 565 Å². The van der Waals surface area contributed by atoms with Gasteiger partial charge in [0.2, 0.25) is 35.3 Å². The Hall–Kier alpha value is -10.1. The summed E-state index contributed by atoms with van der Waals surface area (Å²) >= 11 is 0. The van der Waals surface area contributed by atoms with E-state index in [1.165, 1.54) is 67.8 Å². The summed E-state index contributed by atoms with van der Waals surface area (Å²) < 4.78 is 33.9. The van der Waals surface area contributed by atoms with Gasteiger partial charge in [0.25, 0.3) is 11.8 Å². The van der Waals surface area contributed by atoms with E-state index in [2.05, 4.69) is 16.0 Å². The van der Waals surface area contributed by atoms with Crippen LogP contribution in [-0.2, 0) is 78.3 Å². The van der Waals surface area contributed by atoms with Crippen LogP contribution in [0.25, 0.3) is 0 Å². The van der Waals surface area contributed by atoms with Crippen LogP contribution in [0.15, 0.2) is 140 Å². The van der Waals surface area contributed by atoms with Crippen molar-refractivity contribution in [1.82, 2.24) is 40.4 Å². The topological polar surface area (TPSA) is 278 Å². The number of aryl methyl sites for hydroxylation is 1. The molecular weight excluding hydrogens is 1240 g/mol. The van der Waals surface area contributed by atoms with E-state index in [1.54, 1.807) is 104 Å². The van der Waals surface area contributed by atoms with Gasteiger partial charge in [0.05, 0.1) is 45.4 Å². The quantitative estimate of drug-likeness (QED) is 0.101. The minimum atomic E-state index is -1.51. The predicted molar refractivity (Wildman–Crippen MR) is 358 cm³/mol. The third-order valence-corrected chi connectivity index (χ3v) is 17.4. The van der Waals surface area contributed by atoms with Crippen LogP contribution >= 0.6 is 0 Å². The number of Topliss-reactive ketones (excluding diaryl/α,β-unsaturated/α-hetero) is 1. The SMILES string of the molecule is COc1ccc(CC[C@H]2NC(=O)[C@@H]3CCCCN3C(=O)C(=O)C(C)(C)COC(=O)/C=C/CCN(C)C(=O)[C@@H](Cc3ccccc3)NC(=O)CN(C)C(=O)[C@@H](Cc3ccccc3)NC(=O)[C@H](Cc3ccc(OC(=O)N4CCOCC4)cc3)N(C)C(=O)COc3cccc2c3)cc1OC. The normalized spacial score (nSPS) is 21.6. The molecule has 2 fully saturated rings. The van der Waals surface area contributed by atoms with Gasteiger partial charge in [-0.25, -0.2) is 9.59 Å². The van der Waals surface area contributed by atoms with E-state index in [4.69, 9.17) is 28.4 Å². The first-order chi connectivity index (χ1) is 46.6. The van der Waals surface area contributed by atoms with E-state index in [-0.39, 0.29) is 56.7 Å². The molecule has 8 rings (SSSR count). The van der Waals surface area contributed by atoms with Crippen LogP contribution in [-0.4, -0.2) is 202 Å². The Bertz CT molecular complexity index is 3600. The Kier molecular flexibility index (Phi) is 26.3. The Balaban J connectivity index is 1.12. The zero-order valence-corrected chi connectivity index (χ0v) is 56.2. The van der Waals surface area contributed by atoms with E-state index in [1.807, 2.05) is 30.3 Å². The second-order valence-electron chi connectivity index (χ2n) is 25.0. The number of piperidine rings is 1. The van der Waals surface area contributed by atoms with E-state index in [0.717, 1.165) is 22.1 Å². The second-order valence-corrected chi connectivity index (χ2v) is 25.0. The van der Waals surface area contributed by atoms with Crippen molar-refractivity contribution in [3.8, 4) is 23.0 Å². The number of morpholine rings is 1. The van der Waals surface area contributed by atoms with Crippen molar-refractivity contribution in [3.05, 3.63) is 167 Å². The molecule has 5 aromatic rings. The molecule has 2 bridgehead atoms. The van der Waals surface area contributed by atoms with Gasteiger partial charge in [-0.1, -0.05) is 97.1 Å². The smallest absolute Gasteiger partial charge is 0.415 e. The highest BCUT2D eigenvalue weighted by Crippen LogP contribution is 2.31. The van der Waals surface area contributed by atoms with Gasteiger partial charge in [-0.2, -0.15) is 0 Å². The fourth-order valence-electron chi connectivity index (χ4n) is 11.6. The molecular formula is C73H88N8O16. The van der Waals surface area contributed by atoms with Crippen LogP contribution in [0.3, 0.4) is 0 Å². The number of benzene rings is 5. The average molecular weight is 1330 g/mol. The number of nitrogens with zero attached hydrogens (tertiary/aromatic N) is 5. The first-order valence-electron chi connectivity index (χ1n) is 32.6. The van der Waals surface area contributed by atoms with Crippen molar-refractivity contribution in [2.45, 2.75) is 102 Å². The fourth-order valence-corrected chi connectivity index (χ4v) is 11.6. The highest BCUT2D eigenvalue weighted by atomic mass is 16.6. The number of hydrogen-bond acceptors (Lipinski definition) is 16. The zero-order chi connectivity index (χ0) is 69.6. The van der Waals surface area contributed by atoms with Crippen molar-refractivity contribution in [1.29, 1.82) is 0 Å². The number of ether oxygens (including phenoxy) is 6. The maximum Gasteiger partial charge on any atom is 0.415 e. The monoisotopic (exact) mass is 1330 g/mol. The summed E-state index contributed by atoms with van der Waals surface area (Å²) in [4.78, 5) is 149. The van der Waals surface area contributed by atoms with Gasteiger partial charge in [0, 0.05) is 72.7 Å². The fraction of sp³-hybridized carbons (Fsp3) is 0.425. The molecule has 0 radical (unpaired) electrons. The molecule has 24 heteroatoms. The number of hydrogen-bond donors (Lipinski definition) is 3. The minimum Gasteiger partial charge on any atom is -0.493 e. The third-order valence-electron chi connectivity index (χ3n) is 17.4. The van der Waals surface area contributed by atoms with Crippen LogP contribution in [0.5, 0.6) is 23.0 Å². The molecule has 516 valence electrons. The highest BCUT2D eigenvalue weighted by Gasteiger charge is 2.42. The van der Waals surface area contributed by atoms with Crippen LogP contribution in [0.1, 0.15) is 79.8 Å². The Morgan fingerprint density at radius 3 is 1.92 bits per heavy atom. The minimum absolute atomic E-state index is 0.0269. The summed E-state index contributed by atoms with van der Waals surface area (Å²) in [5.41, 5.74) is 1.88. The first kappa shape index (κ1) is 72.7. The van der Waals surface area contributed by atoms with Gasteiger partial charge >= 0.3 is 12.1 Å². The standard InChI is InChI=1S/C73H88N8O16/c1-73(2)48-96-65(84)26-15-16-35-77(3)69(88)57(41-49-19-10-8-11-20-49)74-63(82)46-78(4)70(89)58(42-50-21-12-9-13-22-50)76-68(87)60(43-51-27-31-54(32-28-51)97-72(91)80-37-39-94-40-38-80)79(5)64(83)47-95-55-24-18-23-53(45-55)56(33-29-52-30-34-61(92-6)62(44-52)93-7)75-67(86)59-25-14-17-36-81(59)71(90)66(73)85/h8-13,15,18-24,26-28,30-32,34,44-45,56-60H,14,16-17,25,29,33,35-43,46-48H2,1-7H3,(H,74,82)(H,75,86)(H,76,87)/b26-15+/t56-,57-,58-,59+,60+/m1/s1. The highest BCUT2D eigenvalue weighted by molar-refractivity contribution is 6.38. The molecule has 0 aromatic heterocycles. The van der Waals surface area contributed by atoms with E-state index in [0.29, 0.717) is 80.2 Å². The summed E-state index contributed by atoms with van der Waals surface area (Å²) in [5.74, 6) is -4.74. The lowest BCUT2D eigenvalue weighted by atomic mass is 9.87. The summed E-state index contributed by atoms with van der Waals surface area (Å²) in [7, 11) is 7.45. The number of ketones is 1. The molecule has 24 nitrogen and oxygen atoms in total. The van der Waals surface area contributed by atoms with E-state index < -0.39 is 115 Å². The molecule has 5 atom stereocenters. The molecule has 5 aromatic carbocycles. The number of nitrogens with one attached hydrogen (secondary N) is 3. The van der Waals surface area contributed by atoms with Crippen molar-refractivity contribution in [3.63, 3.8) is 0 Å². The van der Waals surface area contributed by atoms with Gasteiger partial charge in [0.1, 0.15) is 42.3 Å². The molecule has 3 aliphatic heterocycles. The number of methoxy groups -OCH3 is 2. The van der Waals surface area contributed by atoms with Crippen LogP contribution < -0.4 is 34.9 Å². The van der Waals surface area contributed by atoms with Crippen LogP contribution in [0, 0.1) is 5.41 Å². The molecule has 0 saturated carbocycles. The average Bonchev–Trinajstić information content (AvgIpc) is 0.877. The van der Waals surface area contributed by atoms with E-state index in [9.17, 15) is 43.2 Å². The molecule has 0 spiro atoms. The number of esters is 1. The summed E-state index contributed by atoms with van der Waals surface area (Å²) in [6.45, 7) is 3.09. The molecule has 0 unspecified atom stereocenters. The molecule has 2 saturated heterocycles. The first-order valence-corrected chi connectivity index (χ1v) is 32.6. The van der Waals surface area contributed by atoms with Gasteiger partial charge < -0.3 is 68.9 Å². The van der Waals surface area contributed by atoms with Gasteiger partial charge in [0.15, 0.2) is 18.1 Å². The zero-order valence-electron chi connectivity index (χ0n) is 56.2. The van der Waals surface area contributed by atoms with Gasteiger partial charge in [-0.3, -0.25) is 38.4 Å². The van der Waals surface area contributed by atoms with Crippen LogP contribution in [0.2, 0.25) is 0 Å². The lowest BCUT2D eigenvalue weighted by molar-refractivity contribution is -0.157. The molecule has 8 amide bonds. The van der Waals surface area contributed by atoms with Gasteiger partial charge in [-0.15, -0.1) is 0 Å². The van der Waals surface area contributed by atoms with Crippen molar-refractivity contribution in [2.75, 3.05) is 94.5 Å². The number of likely N-dealkylation sites (N-methyl/N-ethyl adjacent to an activating group) is 3. The predicted octanol–water partition coefficient (Wildman–Crippen LogP) is 5.62. The maximum atomic E-state index is 15.1. The maximum absolute atomic E-state index is 15.1. The molecule has 0 aliphatic carbocycles. The van der Waals surface area contributed by atoms with Crippen molar-refractivity contribution >= 4 is 59.2 Å². The second kappa shape index (κ2) is 35.1. The number of carbonyl (C=O) groups excluding carboxylic acids is 10. The molecule has 97 heavy (non-hydrogen) atoms. The van der Waals surface area contributed by atoms with Crippen LogP contribution in [0.4, 0.5) is 4.79 Å². The summed E-state index contributed by atoms with van der Waals surface area (Å²) in [5, 5.41) is 8.91. The molecule has 3 heterocycles. The Morgan fingerprint density at radius 2 is 1.25 bits per heavy atom. The Morgan fingerprint density at radius 1 is 0.619 bits per heavy atom. The lowest BCUT2D eigenvalue weighted by Gasteiger charge is -2.36. The number of rotatable bonds is 12. The largest absolute Gasteiger partial charge is 0.493 e. The van der Waals surface area contributed by atoms with Gasteiger partial charge in [-0.05, 0) is 117 Å². The third kappa shape index (κ3) is 20.7. The van der Waals surface area contributed by atoms with E-state index >= 15 is 4.79 Å². The number of cyclic esters (lactones) is 1. The van der Waals surface area contributed by atoms with Crippen molar-refractivity contribution in [2.24, 2.45) is 5.41 Å². The number of fused-ring (bicyclic) bond motifs is 3. The summed E-state index contributed by atoms with van der Waals surface area (Å²) in [6, 6.07) is 31.2. The molecule has 3 aliphatic rings. The number of amides is 8.